The van der Waals surface area contributed by atoms with Crippen molar-refractivity contribution in [3.05, 3.63) is 23.3 Å². The second-order valence-corrected chi connectivity index (χ2v) is 3.35. The molecule has 0 heterocycles. The molecule has 0 bridgehead atoms. The van der Waals surface area contributed by atoms with Gasteiger partial charge < -0.3 is 14.2 Å². The van der Waals surface area contributed by atoms with E-state index in [1.807, 2.05) is 0 Å². The van der Waals surface area contributed by atoms with Crippen LogP contribution in [0.2, 0.25) is 0 Å². The average molecular weight is 224 g/mol. The van der Waals surface area contributed by atoms with E-state index in [9.17, 15) is 4.79 Å². The first-order valence-corrected chi connectivity index (χ1v) is 4.88. The van der Waals surface area contributed by atoms with Crippen LogP contribution in [-0.2, 0) is 11.3 Å². The van der Waals surface area contributed by atoms with Crippen LogP contribution in [0.15, 0.2) is 12.1 Å². The minimum absolute atomic E-state index is 0.0204. The van der Waals surface area contributed by atoms with Crippen LogP contribution < -0.4 is 9.47 Å². The van der Waals surface area contributed by atoms with Crippen molar-refractivity contribution >= 4 is 5.78 Å². The van der Waals surface area contributed by atoms with Crippen molar-refractivity contribution in [3.8, 4) is 11.5 Å². The molecule has 0 amide bonds. The van der Waals surface area contributed by atoms with Gasteiger partial charge in [0.05, 0.1) is 20.8 Å². The van der Waals surface area contributed by atoms with Crippen molar-refractivity contribution in [2.75, 3.05) is 21.3 Å². The molecule has 1 aromatic carbocycles. The molecule has 0 aliphatic rings. The molecule has 0 N–H and O–H groups in total. The molecule has 0 aliphatic heterocycles. The second-order valence-electron chi connectivity index (χ2n) is 3.35. The molecule has 0 fully saturated rings. The van der Waals surface area contributed by atoms with Gasteiger partial charge in [0.25, 0.3) is 0 Å². The maximum Gasteiger partial charge on any atom is 0.161 e. The van der Waals surface area contributed by atoms with Gasteiger partial charge in [-0.2, -0.15) is 0 Å². The third kappa shape index (κ3) is 2.52. The van der Waals surface area contributed by atoms with Crippen LogP contribution in [0.4, 0.5) is 0 Å². The lowest BCUT2D eigenvalue weighted by atomic mass is 10.0. The van der Waals surface area contributed by atoms with E-state index in [2.05, 4.69) is 0 Å². The highest BCUT2D eigenvalue weighted by Gasteiger charge is 2.13. The maximum atomic E-state index is 11.5. The minimum Gasteiger partial charge on any atom is -0.493 e. The molecule has 0 saturated heterocycles. The Morgan fingerprint density at radius 3 is 2.12 bits per heavy atom. The summed E-state index contributed by atoms with van der Waals surface area (Å²) in [6.45, 7) is 1.88. The minimum atomic E-state index is -0.0204. The molecular formula is C12H16O4. The first kappa shape index (κ1) is 12.5. The highest BCUT2D eigenvalue weighted by Crippen LogP contribution is 2.31. The van der Waals surface area contributed by atoms with E-state index in [-0.39, 0.29) is 5.78 Å². The number of carbonyl (C=O) groups is 1. The molecule has 0 saturated carbocycles. The highest BCUT2D eigenvalue weighted by atomic mass is 16.5. The van der Waals surface area contributed by atoms with E-state index in [1.165, 1.54) is 14.0 Å². The Morgan fingerprint density at radius 1 is 1.12 bits per heavy atom. The molecule has 0 radical (unpaired) electrons. The summed E-state index contributed by atoms with van der Waals surface area (Å²) in [5.74, 6) is 1.13. The molecule has 4 heteroatoms. The third-order valence-electron chi connectivity index (χ3n) is 2.29. The molecule has 88 valence electrons. The van der Waals surface area contributed by atoms with Gasteiger partial charge in [-0.25, -0.2) is 0 Å². The molecule has 1 rings (SSSR count). The summed E-state index contributed by atoms with van der Waals surface area (Å²) in [7, 11) is 4.68. The van der Waals surface area contributed by atoms with Crippen LogP contribution in [0.5, 0.6) is 11.5 Å². The monoisotopic (exact) mass is 224 g/mol. The zero-order valence-electron chi connectivity index (χ0n) is 9.99. The van der Waals surface area contributed by atoms with Gasteiger partial charge in [-0.1, -0.05) is 0 Å². The SMILES string of the molecule is COCc1cc(OC)c(OC)cc1C(C)=O. The Morgan fingerprint density at radius 2 is 1.69 bits per heavy atom. The number of benzene rings is 1. The van der Waals surface area contributed by atoms with Crippen molar-refractivity contribution in [3.63, 3.8) is 0 Å². The molecule has 0 unspecified atom stereocenters. The fourth-order valence-corrected chi connectivity index (χ4v) is 1.52. The average Bonchev–Trinajstić information content (AvgIpc) is 2.28. The van der Waals surface area contributed by atoms with Crippen LogP contribution in [0.25, 0.3) is 0 Å². The molecule has 0 aliphatic carbocycles. The number of rotatable bonds is 5. The zero-order chi connectivity index (χ0) is 12.1. The Kier molecular flexibility index (Phi) is 4.31. The van der Waals surface area contributed by atoms with Crippen molar-refractivity contribution in [1.29, 1.82) is 0 Å². The summed E-state index contributed by atoms with van der Waals surface area (Å²) in [6, 6.07) is 3.44. The van der Waals surface area contributed by atoms with E-state index in [1.54, 1.807) is 26.4 Å². The lowest BCUT2D eigenvalue weighted by molar-refractivity contribution is 0.101. The van der Waals surface area contributed by atoms with Crippen LogP contribution in [0.3, 0.4) is 0 Å². The van der Waals surface area contributed by atoms with Crippen LogP contribution in [0.1, 0.15) is 22.8 Å². The van der Waals surface area contributed by atoms with Gasteiger partial charge in [-0.3, -0.25) is 4.79 Å². The molecule has 0 spiro atoms. The largest absolute Gasteiger partial charge is 0.493 e. The highest BCUT2D eigenvalue weighted by molar-refractivity contribution is 5.96. The summed E-state index contributed by atoms with van der Waals surface area (Å²) in [5, 5.41) is 0. The van der Waals surface area contributed by atoms with Gasteiger partial charge in [0.2, 0.25) is 0 Å². The summed E-state index contributed by atoms with van der Waals surface area (Å²) < 4.78 is 15.4. The lowest BCUT2D eigenvalue weighted by Gasteiger charge is -2.12. The molecule has 0 aromatic heterocycles. The van der Waals surface area contributed by atoms with Crippen LogP contribution in [-0.4, -0.2) is 27.1 Å². The summed E-state index contributed by atoms with van der Waals surface area (Å²) >= 11 is 0. The molecule has 0 atom stereocenters. The number of methoxy groups -OCH3 is 3. The normalized spacial score (nSPS) is 10.0. The van der Waals surface area contributed by atoms with Gasteiger partial charge in [0.15, 0.2) is 17.3 Å². The number of hydrogen-bond acceptors (Lipinski definition) is 4. The van der Waals surface area contributed by atoms with E-state index in [4.69, 9.17) is 14.2 Å². The van der Waals surface area contributed by atoms with Gasteiger partial charge in [0.1, 0.15) is 0 Å². The van der Waals surface area contributed by atoms with Crippen molar-refractivity contribution in [1.82, 2.24) is 0 Å². The second kappa shape index (κ2) is 5.51. The first-order valence-electron chi connectivity index (χ1n) is 4.88. The Balaban J connectivity index is 3.29. The summed E-state index contributed by atoms with van der Waals surface area (Å²) in [4.78, 5) is 11.5. The predicted octanol–water partition coefficient (Wildman–Crippen LogP) is 2.05. The summed E-state index contributed by atoms with van der Waals surface area (Å²) in [5.41, 5.74) is 1.40. The van der Waals surface area contributed by atoms with E-state index >= 15 is 0 Å². The van der Waals surface area contributed by atoms with Crippen molar-refractivity contribution in [2.45, 2.75) is 13.5 Å². The van der Waals surface area contributed by atoms with Gasteiger partial charge in [-0.15, -0.1) is 0 Å². The molecule has 16 heavy (non-hydrogen) atoms. The van der Waals surface area contributed by atoms with E-state index < -0.39 is 0 Å². The van der Waals surface area contributed by atoms with Gasteiger partial charge >= 0.3 is 0 Å². The quantitative estimate of drug-likeness (QED) is 0.718. The zero-order valence-corrected chi connectivity index (χ0v) is 9.99. The maximum absolute atomic E-state index is 11.5. The van der Waals surface area contributed by atoms with Gasteiger partial charge in [0, 0.05) is 12.7 Å². The third-order valence-corrected chi connectivity index (χ3v) is 2.29. The fraction of sp³-hybridized carbons (Fsp3) is 0.417. The standard InChI is InChI=1S/C12H16O4/c1-8(13)10-6-12(16-4)11(15-3)5-9(10)7-14-2/h5-6H,7H2,1-4H3. The van der Waals surface area contributed by atoms with Gasteiger partial charge in [-0.05, 0) is 24.6 Å². The Hall–Kier alpha value is -1.55. The number of Topliss-reactive ketones (excluding diaryl/α,β-unsaturated/α-hetero) is 1. The van der Waals surface area contributed by atoms with Crippen molar-refractivity contribution < 1.29 is 19.0 Å². The Bertz CT molecular complexity index is 385. The lowest BCUT2D eigenvalue weighted by Crippen LogP contribution is -2.03. The van der Waals surface area contributed by atoms with E-state index in [0.717, 1.165) is 5.56 Å². The number of ketones is 1. The number of carbonyl (C=O) groups excluding carboxylic acids is 1. The molecular weight excluding hydrogens is 208 g/mol. The molecule has 1 aromatic rings. The Labute approximate surface area is 95.1 Å². The van der Waals surface area contributed by atoms with E-state index in [0.29, 0.717) is 23.7 Å². The first-order chi connectivity index (χ1) is 7.63. The van der Waals surface area contributed by atoms with Crippen LogP contribution in [0, 0.1) is 0 Å². The summed E-state index contributed by atoms with van der Waals surface area (Å²) in [6.07, 6.45) is 0. The number of hydrogen-bond donors (Lipinski definition) is 0. The number of ether oxygens (including phenoxy) is 3. The predicted molar refractivity (Wildman–Crippen MR) is 60.3 cm³/mol. The molecule has 4 nitrogen and oxygen atoms in total. The smallest absolute Gasteiger partial charge is 0.161 e. The topological polar surface area (TPSA) is 44.8 Å². The van der Waals surface area contributed by atoms with Crippen LogP contribution >= 0.6 is 0 Å². The van der Waals surface area contributed by atoms with Crippen molar-refractivity contribution in [2.24, 2.45) is 0 Å². The fourth-order valence-electron chi connectivity index (χ4n) is 1.52.